The summed E-state index contributed by atoms with van der Waals surface area (Å²) in [4.78, 5) is 2.45. The molecule has 1 aliphatic heterocycles. The number of halogens is 1. The molecule has 0 amide bonds. The first-order valence-corrected chi connectivity index (χ1v) is 5.69. The second kappa shape index (κ2) is 5.34. The Morgan fingerprint density at radius 1 is 1.24 bits per heavy atom. The van der Waals surface area contributed by atoms with Crippen LogP contribution in [0.5, 0.6) is 0 Å². The molecule has 2 heterocycles. The van der Waals surface area contributed by atoms with Gasteiger partial charge in [0, 0.05) is 19.6 Å². The zero-order valence-electron chi connectivity index (χ0n) is 9.60. The van der Waals surface area contributed by atoms with Crippen LogP contribution in [0.15, 0.2) is 36.5 Å². The molecule has 0 saturated carbocycles. The number of hydrogen-bond acceptors (Lipinski definition) is 2. The van der Waals surface area contributed by atoms with Gasteiger partial charge in [-0.25, -0.2) is 0 Å². The van der Waals surface area contributed by atoms with Crippen molar-refractivity contribution < 1.29 is 0 Å². The van der Waals surface area contributed by atoms with Crippen molar-refractivity contribution in [2.45, 2.75) is 19.5 Å². The lowest BCUT2D eigenvalue weighted by molar-refractivity contribution is 0.242. The van der Waals surface area contributed by atoms with Gasteiger partial charge in [-0.2, -0.15) is 5.10 Å². The van der Waals surface area contributed by atoms with Crippen LogP contribution >= 0.6 is 12.4 Å². The Balaban J connectivity index is 0.00000108. The minimum atomic E-state index is 0. The number of hydrogen-bond donors (Lipinski definition) is 1. The Kier molecular flexibility index (Phi) is 3.82. The average molecular weight is 250 g/mol. The molecule has 1 N–H and O–H groups in total. The van der Waals surface area contributed by atoms with Gasteiger partial charge in [-0.15, -0.1) is 12.4 Å². The first-order valence-electron chi connectivity index (χ1n) is 5.69. The third kappa shape index (κ3) is 2.68. The molecule has 90 valence electrons. The molecular formula is C13H16ClN3. The summed E-state index contributed by atoms with van der Waals surface area (Å²) in [7, 11) is 0. The molecule has 0 unspecified atom stereocenters. The van der Waals surface area contributed by atoms with Crippen LogP contribution < -0.4 is 0 Å². The van der Waals surface area contributed by atoms with Crippen molar-refractivity contribution in [3.8, 4) is 0 Å². The standard InChI is InChI=1S/C13H15N3.ClH/c1-2-4-11(5-3-1)9-16-7-6-12-8-14-15-13(12)10-16;/h1-5,8H,6-7,9-10H2,(H,14,15);1H. The third-order valence-electron chi connectivity index (χ3n) is 3.14. The Bertz CT molecular complexity index is 467. The zero-order chi connectivity index (χ0) is 10.8. The van der Waals surface area contributed by atoms with E-state index in [9.17, 15) is 0 Å². The zero-order valence-corrected chi connectivity index (χ0v) is 10.4. The number of aromatic nitrogens is 2. The van der Waals surface area contributed by atoms with Gasteiger partial charge in [0.05, 0.1) is 11.9 Å². The SMILES string of the molecule is Cl.c1ccc(CN2CCc3cn[nH]c3C2)cc1. The molecule has 1 aromatic carbocycles. The Labute approximate surface area is 107 Å². The van der Waals surface area contributed by atoms with Gasteiger partial charge in [0.15, 0.2) is 0 Å². The van der Waals surface area contributed by atoms with Crippen LogP contribution in [-0.2, 0) is 19.5 Å². The molecule has 0 atom stereocenters. The van der Waals surface area contributed by atoms with Crippen molar-refractivity contribution >= 4 is 12.4 Å². The van der Waals surface area contributed by atoms with Gasteiger partial charge < -0.3 is 0 Å². The van der Waals surface area contributed by atoms with E-state index < -0.39 is 0 Å². The van der Waals surface area contributed by atoms with E-state index in [4.69, 9.17) is 0 Å². The summed E-state index contributed by atoms with van der Waals surface area (Å²) in [5.74, 6) is 0. The first-order chi connectivity index (χ1) is 7.92. The molecule has 0 bridgehead atoms. The maximum absolute atomic E-state index is 4.09. The molecule has 17 heavy (non-hydrogen) atoms. The van der Waals surface area contributed by atoms with E-state index in [-0.39, 0.29) is 12.4 Å². The van der Waals surface area contributed by atoms with Gasteiger partial charge >= 0.3 is 0 Å². The fourth-order valence-electron chi connectivity index (χ4n) is 2.25. The predicted molar refractivity (Wildman–Crippen MR) is 70.1 cm³/mol. The van der Waals surface area contributed by atoms with Crippen molar-refractivity contribution in [1.82, 2.24) is 15.1 Å². The minimum absolute atomic E-state index is 0. The fourth-order valence-corrected chi connectivity index (χ4v) is 2.25. The quantitative estimate of drug-likeness (QED) is 0.886. The van der Waals surface area contributed by atoms with Crippen molar-refractivity contribution in [3.05, 3.63) is 53.3 Å². The summed E-state index contributed by atoms with van der Waals surface area (Å²) in [6, 6.07) is 10.6. The molecule has 1 aliphatic rings. The van der Waals surface area contributed by atoms with Crippen LogP contribution in [0.25, 0.3) is 0 Å². The first kappa shape index (κ1) is 12.1. The lowest BCUT2D eigenvalue weighted by Crippen LogP contribution is -2.29. The van der Waals surface area contributed by atoms with Crippen LogP contribution in [0, 0.1) is 0 Å². The van der Waals surface area contributed by atoms with Crippen LogP contribution in [0.4, 0.5) is 0 Å². The minimum Gasteiger partial charge on any atom is -0.293 e. The maximum atomic E-state index is 4.09. The highest BCUT2D eigenvalue weighted by Crippen LogP contribution is 2.17. The summed E-state index contributed by atoms with van der Waals surface area (Å²) < 4.78 is 0. The lowest BCUT2D eigenvalue weighted by atomic mass is 10.1. The topological polar surface area (TPSA) is 31.9 Å². The third-order valence-corrected chi connectivity index (χ3v) is 3.14. The van der Waals surface area contributed by atoms with E-state index in [1.807, 2.05) is 6.20 Å². The largest absolute Gasteiger partial charge is 0.293 e. The fraction of sp³-hybridized carbons (Fsp3) is 0.308. The smallest absolute Gasteiger partial charge is 0.0524 e. The second-order valence-corrected chi connectivity index (χ2v) is 4.32. The van der Waals surface area contributed by atoms with Crippen molar-refractivity contribution in [2.75, 3.05) is 6.54 Å². The lowest BCUT2D eigenvalue weighted by Gasteiger charge is -2.26. The number of nitrogens with zero attached hydrogens (tertiary/aromatic N) is 2. The van der Waals surface area contributed by atoms with Crippen molar-refractivity contribution in [1.29, 1.82) is 0 Å². The van der Waals surface area contributed by atoms with Gasteiger partial charge in [-0.05, 0) is 17.5 Å². The van der Waals surface area contributed by atoms with E-state index in [1.165, 1.54) is 16.8 Å². The highest BCUT2D eigenvalue weighted by Gasteiger charge is 2.17. The number of fused-ring (bicyclic) bond motifs is 1. The summed E-state index contributed by atoms with van der Waals surface area (Å²) in [6.45, 7) is 3.14. The molecule has 0 aliphatic carbocycles. The number of aromatic amines is 1. The van der Waals surface area contributed by atoms with Crippen molar-refractivity contribution in [3.63, 3.8) is 0 Å². The van der Waals surface area contributed by atoms with Crippen LogP contribution in [0.3, 0.4) is 0 Å². The number of rotatable bonds is 2. The molecular weight excluding hydrogens is 234 g/mol. The van der Waals surface area contributed by atoms with Gasteiger partial charge in [0.1, 0.15) is 0 Å². The Morgan fingerprint density at radius 2 is 2.06 bits per heavy atom. The van der Waals surface area contributed by atoms with Gasteiger partial charge in [0.2, 0.25) is 0 Å². The molecule has 4 heteroatoms. The Hall–Kier alpha value is -1.32. The molecule has 2 aromatic rings. The van der Waals surface area contributed by atoms with Gasteiger partial charge in [0.25, 0.3) is 0 Å². The molecule has 0 radical (unpaired) electrons. The summed E-state index contributed by atoms with van der Waals surface area (Å²) in [5, 5.41) is 7.18. The summed E-state index contributed by atoms with van der Waals surface area (Å²) in [6.07, 6.45) is 3.06. The van der Waals surface area contributed by atoms with Crippen LogP contribution in [0.1, 0.15) is 16.8 Å². The van der Waals surface area contributed by atoms with E-state index in [1.54, 1.807) is 0 Å². The van der Waals surface area contributed by atoms with Gasteiger partial charge in [-0.3, -0.25) is 10.00 Å². The van der Waals surface area contributed by atoms with E-state index >= 15 is 0 Å². The molecule has 0 fully saturated rings. The molecule has 1 aromatic heterocycles. The Morgan fingerprint density at radius 3 is 2.88 bits per heavy atom. The number of benzene rings is 1. The van der Waals surface area contributed by atoms with Crippen molar-refractivity contribution in [2.24, 2.45) is 0 Å². The molecule has 3 nitrogen and oxygen atoms in total. The summed E-state index contributed by atoms with van der Waals surface area (Å²) in [5.41, 5.74) is 4.04. The normalized spacial score (nSPS) is 15.1. The van der Waals surface area contributed by atoms with Gasteiger partial charge in [-0.1, -0.05) is 30.3 Å². The number of nitrogens with one attached hydrogen (secondary N) is 1. The second-order valence-electron chi connectivity index (χ2n) is 4.32. The van der Waals surface area contributed by atoms with E-state index in [0.717, 1.165) is 26.1 Å². The van der Waals surface area contributed by atoms with Crippen LogP contribution in [-0.4, -0.2) is 21.6 Å². The molecule has 3 rings (SSSR count). The summed E-state index contributed by atoms with van der Waals surface area (Å²) >= 11 is 0. The molecule has 0 saturated heterocycles. The highest BCUT2D eigenvalue weighted by atomic mass is 35.5. The van der Waals surface area contributed by atoms with E-state index in [2.05, 4.69) is 45.4 Å². The van der Waals surface area contributed by atoms with E-state index in [0.29, 0.717) is 0 Å². The maximum Gasteiger partial charge on any atom is 0.0524 e. The van der Waals surface area contributed by atoms with Crippen LogP contribution in [0.2, 0.25) is 0 Å². The highest BCUT2D eigenvalue weighted by molar-refractivity contribution is 5.85. The average Bonchev–Trinajstić information content (AvgIpc) is 2.77. The monoisotopic (exact) mass is 249 g/mol. The number of H-pyrrole nitrogens is 1. The molecule has 0 spiro atoms. The predicted octanol–water partition coefficient (Wildman–Crippen LogP) is 2.39.